The number of amides is 1. The van der Waals surface area contributed by atoms with E-state index in [0.29, 0.717) is 22.6 Å². The Labute approximate surface area is 182 Å². The molecule has 3 aromatic rings. The predicted molar refractivity (Wildman–Crippen MR) is 119 cm³/mol. The van der Waals surface area contributed by atoms with E-state index in [1.165, 1.54) is 6.08 Å². The second kappa shape index (κ2) is 9.68. The summed E-state index contributed by atoms with van der Waals surface area (Å²) in [5.41, 5.74) is 2.59. The standard InChI is InChI=1S/C24H17BrN2O3/c1-16-4-2-3-5-22(16)27-23(28)19(15-26)14-17-6-12-21(13-7-17)30-24(29)18-8-10-20(25)11-9-18/h2-14H,1H3,(H,27,28)/b19-14-. The first kappa shape index (κ1) is 21.0. The third-order valence-electron chi connectivity index (χ3n) is 4.24. The Morgan fingerprint density at radius 2 is 1.67 bits per heavy atom. The fourth-order valence-electron chi connectivity index (χ4n) is 2.60. The molecule has 0 saturated heterocycles. The molecule has 0 spiro atoms. The van der Waals surface area contributed by atoms with Crippen LogP contribution >= 0.6 is 15.9 Å². The first-order valence-electron chi connectivity index (χ1n) is 9.03. The summed E-state index contributed by atoms with van der Waals surface area (Å²) in [6.45, 7) is 1.87. The molecule has 5 nitrogen and oxygen atoms in total. The van der Waals surface area contributed by atoms with E-state index < -0.39 is 11.9 Å². The molecule has 0 atom stereocenters. The molecule has 0 saturated carbocycles. The first-order chi connectivity index (χ1) is 14.5. The van der Waals surface area contributed by atoms with Crippen molar-refractivity contribution in [1.82, 2.24) is 0 Å². The van der Waals surface area contributed by atoms with E-state index in [9.17, 15) is 14.9 Å². The SMILES string of the molecule is Cc1ccccc1NC(=O)/C(C#N)=C\c1ccc(OC(=O)c2ccc(Br)cc2)cc1. The van der Waals surface area contributed by atoms with Gasteiger partial charge in [-0.3, -0.25) is 4.79 Å². The van der Waals surface area contributed by atoms with Gasteiger partial charge in [-0.1, -0.05) is 46.3 Å². The Hall–Kier alpha value is -3.69. The number of aryl methyl sites for hydroxylation is 1. The normalized spacial score (nSPS) is 10.8. The minimum absolute atomic E-state index is 0.0298. The molecule has 0 radical (unpaired) electrons. The zero-order valence-corrected chi connectivity index (χ0v) is 17.6. The van der Waals surface area contributed by atoms with Gasteiger partial charge in [-0.2, -0.15) is 5.26 Å². The number of rotatable bonds is 5. The lowest BCUT2D eigenvalue weighted by atomic mass is 10.1. The van der Waals surface area contributed by atoms with Gasteiger partial charge in [0.05, 0.1) is 5.56 Å². The van der Waals surface area contributed by atoms with Gasteiger partial charge in [0, 0.05) is 10.2 Å². The minimum Gasteiger partial charge on any atom is -0.423 e. The second-order valence-corrected chi connectivity index (χ2v) is 7.32. The van der Waals surface area contributed by atoms with E-state index in [0.717, 1.165) is 10.0 Å². The monoisotopic (exact) mass is 460 g/mol. The lowest BCUT2D eigenvalue weighted by Crippen LogP contribution is -2.14. The van der Waals surface area contributed by atoms with E-state index in [-0.39, 0.29) is 5.57 Å². The van der Waals surface area contributed by atoms with Crippen LogP contribution in [0.3, 0.4) is 0 Å². The van der Waals surface area contributed by atoms with Gasteiger partial charge in [-0.15, -0.1) is 0 Å². The molecule has 6 heteroatoms. The molecular weight excluding hydrogens is 444 g/mol. The van der Waals surface area contributed by atoms with Gasteiger partial charge < -0.3 is 10.1 Å². The molecule has 3 rings (SSSR count). The van der Waals surface area contributed by atoms with Gasteiger partial charge in [0.1, 0.15) is 17.4 Å². The molecule has 1 amide bonds. The van der Waals surface area contributed by atoms with Crippen LogP contribution in [0.4, 0.5) is 5.69 Å². The van der Waals surface area contributed by atoms with E-state index in [2.05, 4.69) is 21.2 Å². The fourth-order valence-corrected chi connectivity index (χ4v) is 2.87. The van der Waals surface area contributed by atoms with Crippen LogP contribution in [0, 0.1) is 18.3 Å². The Balaban J connectivity index is 1.69. The van der Waals surface area contributed by atoms with Gasteiger partial charge in [0.2, 0.25) is 0 Å². The summed E-state index contributed by atoms with van der Waals surface area (Å²) in [6, 6.07) is 22.7. The van der Waals surface area contributed by atoms with Crippen molar-refractivity contribution in [2.75, 3.05) is 5.32 Å². The van der Waals surface area contributed by atoms with Crippen molar-refractivity contribution in [3.05, 3.63) is 99.5 Å². The number of nitriles is 1. The Kier molecular flexibility index (Phi) is 6.79. The van der Waals surface area contributed by atoms with Crippen molar-refractivity contribution in [3.8, 4) is 11.8 Å². The van der Waals surface area contributed by atoms with E-state index in [4.69, 9.17) is 4.74 Å². The summed E-state index contributed by atoms with van der Waals surface area (Å²) in [5.74, 6) is -0.596. The summed E-state index contributed by atoms with van der Waals surface area (Å²) in [6.07, 6.45) is 1.48. The maximum atomic E-state index is 12.4. The van der Waals surface area contributed by atoms with Crippen LogP contribution in [-0.2, 0) is 4.79 Å². The van der Waals surface area contributed by atoms with Crippen LogP contribution in [-0.4, -0.2) is 11.9 Å². The molecule has 0 aromatic heterocycles. The predicted octanol–water partition coefficient (Wildman–Crippen LogP) is 5.52. The molecule has 30 heavy (non-hydrogen) atoms. The van der Waals surface area contributed by atoms with Gasteiger partial charge >= 0.3 is 5.97 Å². The molecular formula is C24H17BrN2O3. The molecule has 0 bridgehead atoms. The fraction of sp³-hybridized carbons (Fsp3) is 0.0417. The van der Waals surface area contributed by atoms with Crippen LogP contribution in [0.15, 0.2) is 82.8 Å². The first-order valence-corrected chi connectivity index (χ1v) is 9.82. The molecule has 0 heterocycles. The average Bonchev–Trinajstić information content (AvgIpc) is 2.75. The highest BCUT2D eigenvalue weighted by Crippen LogP contribution is 2.19. The highest BCUT2D eigenvalue weighted by molar-refractivity contribution is 9.10. The highest BCUT2D eigenvalue weighted by Gasteiger charge is 2.11. The summed E-state index contributed by atoms with van der Waals surface area (Å²) in [5, 5.41) is 12.1. The number of carbonyl (C=O) groups excluding carboxylic acids is 2. The maximum Gasteiger partial charge on any atom is 0.343 e. The lowest BCUT2D eigenvalue weighted by Gasteiger charge is -2.07. The van der Waals surface area contributed by atoms with Crippen molar-refractivity contribution in [2.24, 2.45) is 0 Å². The molecule has 0 aliphatic rings. The third kappa shape index (κ3) is 5.43. The quantitative estimate of drug-likeness (QED) is 0.235. The van der Waals surface area contributed by atoms with Crippen LogP contribution in [0.2, 0.25) is 0 Å². The van der Waals surface area contributed by atoms with E-state index in [1.807, 2.05) is 31.2 Å². The Morgan fingerprint density at radius 1 is 1.00 bits per heavy atom. The van der Waals surface area contributed by atoms with E-state index >= 15 is 0 Å². The van der Waals surface area contributed by atoms with Gasteiger partial charge in [0.25, 0.3) is 5.91 Å². The number of benzene rings is 3. The zero-order valence-electron chi connectivity index (χ0n) is 16.1. The summed E-state index contributed by atoms with van der Waals surface area (Å²) in [4.78, 5) is 24.6. The topological polar surface area (TPSA) is 79.2 Å². The Bertz CT molecular complexity index is 1140. The van der Waals surface area contributed by atoms with Crippen molar-refractivity contribution in [1.29, 1.82) is 5.26 Å². The number of ether oxygens (including phenoxy) is 1. The number of halogens is 1. The number of para-hydroxylation sites is 1. The van der Waals surface area contributed by atoms with Crippen molar-refractivity contribution < 1.29 is 14.3 Å². The third-order valence-corrected chi connectivity index (χ3v) is 4.77. The van der Waals surface area contributed by atoms with Crippen LogP contribution in [0.25, 0.3) is 6.08 Å². The lowest BCUT2D eigenvalue weighted by molar-refractivity contribution is -0.112. The molecule has 0 unspecified atom stereocenters. The molecule has 148 valence electrons. The number of carbonyl (C=O) groups is 2. The molecule has 1 N–H and O–H groups in total. The van der Waals surface area contributed by atoms with Crippen molar-refractivity contribution in [3.63, 3.8) is 0 Å². The molecule has 0 fully saturated rings. The smallest absolute Gasteiger partial charge is 0.343 e. The minimum atomic E-state index is -0.488. The zero-order chi connectivity index (χ0) is 21.5. The van der Waals surface area contributed by atoms with Crippen LogP contribution < -0.4 is 10.1 Å². The van der Waals surface area contributed by atoms with Crippen molar-refractivity contribution >= 4 is 39.6 Å². The average molecular weight is 461 g/mol. The van der Waals surface area contributed by atoms with E-state index in [1.54, 1.807) is 54.6 Å². The number of esters is 1. The number of nitrogens with one attached hydrogen (secondary N) is 1. The summed E-state index contributed by atoms with van der Waals surface area (Å²) < 4.78 is 6.22. The van der Waals surface area contributed by atoms with Gasteiger partial charge in [-0.25, -0.2) is 4.79 Å². The number of nitrogens with zero attached hydrogens (tertiary/aromatic N) is 1. The second-order valence-electron chi connectivity index (χ2n) is 6.40. The van der Waals surface area contributed by atoms with Gasteiger partial charge in [-0.05, 0) is 66.6 Å². The van der Waals surface area contributed by atoms with Gasteiger partial charge in [0.15, 0.2) is 0 Å². The summed E-state index contributed by atoms with van der Waals surface area (Å²) in [7, 11) is 0. The summed E-state index contributed by atoms with van der Waals surface area (Å²) >= 11 is 3.32. The molecule has 0 aliphatic heterocycles. The number of hydrogen-bond donors (Lipinski definition) is 1. The highest BCUT2D eigenvalue weighted by atomic mass is 79.9. The van der Waals surface area contributed by atoms with Crippen LogP contribution in [0.5, 0.6) is 5.75 Å². The molecule has 3 aromatic carbocycles. The largest absolute Gasteiger partial charge is 0.423 e. The molecule has 0 aliphatic carbocycles. The van der Waals surface area contributed by atoms with Crippen LogP contribution in [0.1, 0.15) is 21.5 Å². The number of hydrogen-bond acceptors (Lipinski definition) is 4. The Morgan fingerprint density at radius 3 is 2.30 bits per heavy atom. The number of anilines is 1. The maximum absolute atomic E-state index is 12.4. The van der Waals surface area contributed by atoms with Crippen molar-refractivity contribution in [2.45, 2.75) is 6.92 Å².